The highest BCUT2D eigenvalue weighted by Gasteiger charge is 2.46. The summed E-state index contributed by atoms with van der Waals surface area (Å²) in [6.45, 7) is 1.75. The van der Waals surface area contributed by atoms with E-state index in [-0.39, 0.29) is 22.6 Å². The first-order chi connectivity index (χ1) is 17.0. The number of ether oxygens (including phenoxy) is 1. The highest BCUT2D eigenvalue weighted by molar-refractivity contribution is 5.99. The Morgan fingerprint density at radius 2 is 1.91 bits per heavy atom. The fourth-order valence-electron chi connectivity index (χ4n) is 4.84. The number of carbonyl (C=O) groups is 2. The Bertz CT molecular complexity index is 1240. The molecule has 1 spiro atoms. The van der Waals surface area contributed by atoms with Crippen LogP contribution in [0.2, 0.25) is 0 Å². The van der Waals surface area contributed by atoms with Crippen LogP contribution in [0.1, 0.15) is 40.0 Å². The number of fused-ring (bicyclic) bond motifs is 2. The molecule has 2 fully saturated rings. The van der Waals surface area contributed by atoms with Gasteiger partial charge in [-0.05, 0) is 73.5 Å². The quantitative estimate of drug-likeness (QED) is 0.587. The van der Waals surface area contributed by atoms with Gasteiger partial charge in [0.1, 0.15) is 11.5 Å². The van der Waals surface area contributed by atoms with Crippen LogP contribution in [0.15, 0.2) is 83.8 Å². The van der Waals surface area contributed by atoms with E-state index in [1.165, 1.54) is 17.7 Å². The zero-order chi connectivity index (χ0) is 24.4. The Hall–Kier alpha value is -4.20. The highest BCUT2D eigenvalue weighted by Crippen LogP contribution is 2.50. The van der Waals surface area contributed by atoms with E-state index in [0.717, 1.165) is 30.6 Å². The monoisotopic (exact) mass is 473 g/mol. The van der Waals surface area contributed by atoms with Crippen molar-refractivity contribution in [1.29, 1.82) is 0 Å². The number of nitrogens with one attached hydrogen (secondary N) is 1. The van der Waals surface area contributed by atoms with Gasteiger partial charge in [0.15, 0.2) is 5.75 Å². The van der Waals surface area contributed by atoms with Gasteiger partial charge in [-0.3, -0.25) is 9.59 Å². The lowest BCUT2D eigenvalue weighted by atomic mass is 9.72. The zero-order valence-electron chi connectivity index (χ0n) is 19.2. The minimum atomic E-state index is -0.609. The Kier molecular flexibility index (Phi) is 5.94. The molecular weight excluding hydrogens is 446 g/mol. The second kappa shape index (κ2) is 9.21. The maximum absolute atomic E-state index is 13.1. The Balaban J connectivity index is 1.23. The molecule has 0 radical (unpaired) electrons. The van der Waals surface area contributed by atoms with Crippen molar-refractivity contribution in [3.8, 4) is 11.5 Å². The molecule has 2 saturated heterocycles. The normalized spacial score (nSPS) is 19.4. The summed E-state index contributed by atoms with van der Waals surface area (Å²) in [6.07, 6.45) is 8.17. The SMILES string of the molecule is N/C=C1/C=C2C(=CC1)OCC21CCN(C(=O)c2ccc(C(=O)NOc3ccccc3)c(O)c2)CC1. The molecule has 2 heterocycles. The molecular formula is C27H27N3O5. The second-order valence-electron chi connectivity index (χ2n) is 9.01. The van der Waals surface area contributed by atoms with Crippen LogP contribution in [-0.2, 0) is 4.74 Å². The van der Waals surface area contributed by atoms with Crippen molar-refractivity contribution in [2.75, 3.05) is 19.7 Å². The number of aromatic hydroxyl groups is 1. The van der Waals surface area contributed by atoms with Crippen molar-refractivity contribution >= 4 is 11.8 Å². The summed E-state index contributed by atoms with van der Waals surface area (Å²) in [4.78, 5) is 32.5. The molecule has 0 atom stereocenters. The van der Waals surface area contributed by atoms with Gasteiger partial charge in [0.25, 0.3) is 11.8 Å². The lowest BCUT2D eigenvalue weighted by Crippen LogP contribution is -2.44. The molecule has 8 nitrogen and oxygen atoms in total. The minimum absolute atomic E-state index is 0.0190. The van der Waals surface area contributed by atoms with Gasteiger partial charge >= 0.3 is 0 Å². The molecule has 2 aliphatic heterocycles. The molecule has 4 N–H and O–H groups in total. The van der Waals surface area contributed by atoms with Crippen molar-refractivity contribution in [2.24, 2.45) is 11.1 Å². The number of hydroxylamine groups is 1. The average molecular weight is 474 g/mol. The predicted molar refractivity (Wildman–Crippen MR) is 129 cm³/mol. The van der Waals surface area contributed by atoms with Crippen LogP contribution in [0.5, 0.6) is 11.5 Å². The molecule has 0 saturated carbocycles. The first kappa shape index (κ1) is 22.6. The van der Waals surface area contributed by atoms with Gasteiger partial charge < -0.3 is 25.3 Å². The molecule has 8 heteroatoms. The Morgan fingerprint density at radius 1 is 1.14 bits per heavy atom. The lowest BCUT2D eigenvalue weighted by molar-refractivity contribution is 0.0583. The van der Waals surface area contributed by atoms with E-state index in [1.807, 2.05) is 6.07 Å². The zero-order valence-corrected chi connectivity index (χ0v) is 19.2. The maximum Gasteiger partial charge on any atom is 0.287 e. The van der Waals surface area contributed by atoms with E-state index < -0.39 is 5.91 Å². The van der Waals surface area contributed by atoms with Crippen LogP contribution in [0.25, 0.3) is 0 Å². The average Bonchev–Trinajstić information content (AvgIpc) is 3.24. The van der Waals surface area contributed by atoms with E-state index >= 15 is 0 Å². The highest BCUT2D eigenvalue weighted by atomic mass is 16.7. The molecule has 5 rings (SSSR count). The molecule has 2 aromatic rings. The summed E-state index contributed by atoms with van der Waals surface area (Å²) in [5.74, 6) is 0.320. The summed E-state index contributed by atoms with van der Waals surface area (Å²) >= 11 is 0. The number of nitrogens with two attached hydrogens (primary N) is 1. The van der Waals surface area contributed by atoms with Gasteiger partial charge in [-0.25, -0.2) is 0 Å². The fourth-order valence-corrected chi connectivity index (χ4v) is 4.84. The van der Waals surface area contributed by atoms with Crippen LogP contribution < -0.4 is 16.1 Å². The fraction of sp³-hybridized carbons (Fsp3) is 0.259. The van der Waals surface area contributed by atoms with Crippen LogP contribution in [0.4, 0.5) is 0 Å². The number of nitrogens with zero attached hydrogens (tertiary/aromatic N) is 1. The number of carbonyl (C=O) groups excluding carboxylic acids is 2. The minimum Gasteiger partial charge on any atom is -0.507 e. The smallest absolute Gasteiger partial charge is 0.287 e. The maximum atomic E-state index is 13.1. The molecule has 0 aromatic heterocycles. The number of likely N-dealkylation sites (tertiary alicyclic amines) is 1. The number of phenols is 1. The third-order valence-corrected chi connectivity index (χ3v) is 6.91. The molecule has 2 amide bonds. The van der Waals surface area contributed by atoms with E-state index in [9.17, 15) is 14.7 Å². The van der Waals surface area contributed by atoms with Crippen molar-refractivity contribution < 1.29 is 24.3 Å². The molecule has 3 aliphatic rings. The van der Waals surface area contributed by atoms with Crippen molar-refractivity contribution in [3.05, 3.63) is 94.9 Å². The standard InChI is InChI=1S/C27H27N3O5/c28-16-18-6-9-24-22(14-18)27(17-34-24)10-12-30(13-11-27)26(33)19-7-8-21(23(31)15-19)25(32)29-35-20-4-2-1-3-5-20/h1-5,7-9,14-16,31H,6,10-13,17,28H2,(H,29,32)/b18-16+. The van der Waals surface area contributed by atoms with E-state index in [1.54, 1.807) is 41.4 Å². The van der Waals surface area contributed by atoms with Crippen molar-refractivity contribution in [2.45, 2.75) is 19.3 Å². The largest absolute Gasteiger partial charge is 0.507 e. The van der Waals surface area contributed by atoms with Crippen molar-refractivity contribution in [3.63, 3.8) is 0 Å². The van der Waals surface area contributed by atoms with Gasteiger partial charge in [-0.1, -0.05) is 18.2 Å². The number of allylic oxidation sites excluding steroid dienone is 4. The van der Waals surface area contributed by atoms with Crippen LogP contribution in [0.3, 0.4) is 0 Å². The molecule has 35 heavy (non-hydrogen) atoms. The van der Waals surface area contributed by atoms with E-state index in [2.05, 4.69) is 17.6 Å². The van der Waals surface area contributed by atoms with Crippen molar-refractivity contribution in [1.82, 2.24) is 10.4 Å². The van der Waals surface area contributed by atoms with Crippen LogP contribution >= 0.6 is 0 Å². The number of para-hydroxylation sites is 1. The number of amides is 2. The predicted octanol–water partition coefficient (Wildman–Crippen LogP) is 3.43. The number of benzene rings is 2. The first-order valence-corrected chi connectivity index (χ1v) is 11.6. The Morgan fingerprint density at radius 3 is 2.63 bits per heavy atom. The lowest BCUT2D eigenvalue weighted by Gasteiger charge is -2.39. The second-order valence-corrected chi connectivity index (χ2v) is 9.01. The summed E-state index contributed by atoms with van der Waals surface area (Å²) < 4.78 is 5.96. The number of hydrogen-bond donors (Lipinski definition) is 3. The molecule has 0 bridgehead atoms. The number of phenolic OH excluding ortho intramolecular Hbond substituents is 1. The van der Waals surface area contributed by atoms with Gasteiger partial charge in [-0.15, -0.1) is 0 Å². The number of hydrogen-bond acceptors (Lipinski definition) is 6. The van der Waals surface area contributed by atoms with Crippen LogP contribution in [0, 0.1) is 5.41 Å². The molecule has 0 unspecified atom stereocenters. The molecule has 1 aliphatic carbocycles. The topological polar surface area (TPSA) is 114 Å². The van der Waals surface area contributed by atoms with Crippen LogP contribution in [-0.4, -0.2) is 41.5 Å². The third kappa shape index (κ3) is 4.35. The van der Waals surface area contributed by atoms with E-state index in [0.29, 0.717) is 31.0 Å². The summed E-state index contributed by atoms with van der Waals surface area (Å²) in [5.41, 5.74) is 10.5. The summed E-state index contributed by atoms with van der Waals surface area (Å²) in [7, 11) is 0. The molecule has 2 aromatic carbocycles. The van der Waals surface area contributed by atoms with Gasteiger partial charge in [0.05, 0.1) is 12.2 Å². The van der Waals surface area contributed by atoms with E-state index in [4.69, 9.17) is 15.3 Å². The third-order valence-electron chi connectivity index (χ3n) is 6.91. The van der Waals surface area contributed by atoms with Gasteiger partial charge in [0.2, 0.25) is 0 Å². The summed E-state index contributed by atoms with van der Waals surface area (Å²) in [6, 6.07) is 13.1. The Labute approximate surface area is 203 Å². The number of piperidine rings is 1. The summed E-state index contributed by atoms with van der Waals surface area (Å²) in [5, 5.41) is 10.4. The number of rotatable bonds is 4. The van der Waals surface area contributed by atoms with Gasteiger partial charge in [-0.2, -0.15) is 5.48 Å². The molecule has 180 valence electrons. The first-order valence-electron chi connectivity index (χ1n) is 11.6. The van der Waals surface area contributed by atoms with Gasteiger partial charge in [0, 0.05) is 29.6 Å².